The molecular formula is C10H12O3. The first-order chi connectivity index (χ1) is 6.35. The first kappa shape index (κ1) is 8.53. The third kappa shape index (κ3) is 1.66. The Bertz CT molecular complexity index is 281. The fourth-order valence-corrected chi connectivity index (χ4v) is 1.37. The number of aliphatic hydroxyl groups is 1. The molecule has 0 amide bonds. The van der Waals surface area contributed by atoms with Crippen LogP contribution in [0.3, 0.4) is 0 Å². The Morgan fingerprint density at radius 2 is 2.08 bits per heavy atom. The van der Waals surface area contributed by atoms with Crippen molar-refractivity contribution in [3.05, 3.63) is 29.8 Å². The number of methoxy groups -OCH3 is 1. The Morgan fingerprint density at radius 1 is 1.38 bits per heavy atom. The minimum Gasteiger partial charge on any atom is -0.497 e. The van der Waals surface area contributed by atoms with Crippen molar-refractivity contribution in [3.63, 3.8) is 0 Å². The number of epoxide rings is 1. The van der Waals surface area contributed by atoms with Crippen LogP contribution in [-0.4, -0.2) is 24.9 Å². The van der Waals surface area contributed by atoms with Gasteiger partial charge in [-0.3, -0.25) is 0 Å². The van der Waals surface area contributed by atoms with Crippen LogP contribution in [0.2, 0.25) is 0 Å². The van der Waals surface area contributed by atoms with E-state index in [0.717, 1.165) is 11.3 Å². The molecule has 1 N–H and O–H groups in total. The normalized spacial score (nSPS) is 25.7. The zero-order valence-corrected chi connectivity index (χ0v) is 7.43. The highest BCUT2D eigenvalue weighted by Crippen LogP contribution is 2.38. The number of ether oxygens (including phenoxy) is 2. The predicted molar refractivity (Wildman–Crippen MR) is 47.7 cm³/mol. The minimum absolute atomic E-state index is 0.00612. The average molecular weight is 180 g/mol. The van der Waals surface area contributed by atoms with Gasteiger partial charge in [-0.1, -0.05) is 12.1 Å². The van der Waals surface area contributed by atoms with Crippen LogP contribution < -0.4 is 4.74 Å². The molecule has 2 rings (SSSR count). The lowest BCUT2D eigenvalue weighted by atomic mass is 10.1. The summed E-state index contributed by atoms with van der Waals surface area (Å²) in [6, 6.07) is 7.70. The molecule has 3 heteroatoms. The van der Waals surface area contributed by atoms with Crippen LogP contribution >= 0.6 is 0 Å². The average Bonchev–Trinajstić information content (AvgIpc) is 2.97. The van der Waals surface area contributed by atoms with E-state index < -0.39 is 0 Å². The summed E-state index contributed by atoms with van der Waals surface area (Å²) < 4.78 is 10.3. The fourth-order valence-electron chi connectivity index (χ4n) is 1.37. The van der Waals surface area contributed by atoms with Gasteiger partial charge >= 0.3 is 0 Å². The fraction of sp³-hybridized carbons (Fsp3) is 0.400. The first-order valence-electron chi connectivity index (χ1n) is 4.25. The van der Waals surface area contributed by atoms with E-state index in [9.17, 15) is 0 Å². The van der Waals surface area contributed by atoms with Gasteiger partial charge in [-0.2, -0.15) is 0 Å². The van der Waals surface area contributed by atoms with E-state index in [1.807, 2.05) is 24.3 Å². The molecule has 1 aromatic carbocycles. The van der Waals surface area contributed by atoms with E-state index in [0.29, 0.717) is 0 Å². The van der Waals surface area contributed by atoms with Gasteiger partial charge in [0.25, 0.3) is 0 Å². The van der Waals surface area contributed by atoms with Gasteiger partial charge in [-0.15, -0.1) is 0 Å². The molecular weight excluding hydrogens is 168 g/mol. The summed E-state index contributed by atoms with van der Waals surface area (Å²) in [5.41, 5.74) is 1.10. The van der Waals surface area contributed by atoms with Gasteiger partial charge in [0.1, 0.15) is 18.0 Å². The van der Waals surface area contributed by atoms with Crippen molar-refractivity contribution in [2.45, 2.75) is 12.2 Å². The predicted octanol–water partition coefficient (Wildman–Crippen LogP) is 1.13. The van der Waals surface area contributed by atoms with Crippen LogP contribution in [-0.2, 0) is 4.74 Å². The Morgan fingerprint density at radius 3 is 2.54 bits per heavy atom. The van der Waals surface area contributed by atoms with Gasteiger partial charge < -0.3 is 14.6 Å². The molecule has 1 saturated heterocycles. The summed E-state index contributed by atoms with van der Waals surface area (Å²) in [4.78, 5) is 0. The van der Waals surface area contributed by atoms with Crippen molar-refractivity contribution in [1.82, 2.24) is 0 Å². The number of hydrogen-bond donors (Lipinski definition) is 1. The standard InChI is InChI=1S/C10H12O3/c1-12-8-4-2-7(3-5-8)10-9(6-11)13-10/h2-5,9-11H,6H2,1H3. The van der Waals surface area contributed by atoms with Gasteiger partial charge in [-0.25, -0.2) is 0 Å². The molecule has 2 unspecified atom stereocenters. The lowest BCUT2D eigenvalue weighted by molar-refractivity contribution is 0.242. The summed E-state index contributed by atoms with van der Waals surface area (Å²) in [6.07, 6.45) is 0.0734. The summed E-state index contributed by atoms with van der Waals surface area (Å²) in [6.45, 7) is 0.0939. The van der Waals surface area contributed by atoms with Crippen LogP contribution in [0.4, 0.5) is 0 Å². The Balaban J connectivity index is 2.07. The molecule has 13 heavy (non-hydrogen) atoms. The second-order valence-corrected chi connectivity index (χ2v) is 3.05. The van der Waals surface area contributed by atoms with E-state index in [2.05, 4.69) is 0 Å². The van der Waals surface area contributed by atoms with Crippen molar-refractivity contribution in [1.29, 1.82) is 0 Å². The second-order valence-electron chi connectivity index (χ2n) is 3.05. The van der Waals surface area contributed by atoms with Crippen molar-refractivity contribution >= 4 is 0 Å². The van der Waals surface area contributed by atoms with Crippen molar-refractivity contribution in [2.24, 2.45) is 0 Å². The minimum atomic E-state index is -0.00612. The Hall–Kier alpha value is -1.06. The highest BCUT2D eigenvalue weighted by molar-refractivity contribution is 5.30. The molecule has 1 aromatic rings. The molecule has 0 aliphatic carbocycles. The maximum atomic E-state index is 8.79. The van der Waals surface area contributed by atoms with E-state index >= 15 is 0 Å². The van der Waals surface area contributed by atoms with Crippen LogP contribution in [0.1, 0.15) is 11.7 Å². The number of hydrogen-bond acceptors (Lipinski definition) is 3. The molecule has 3 nitrogen and oxygen atoms in total. The topological polar surface area (TPSA) is 42.0 Å². The maximum absolute atomic E-state index is 8.79. The smallest absolute Gasteiger partial charge is 0.118 e. The third-order valence-electron chi connectivity index (χ3n) is 2.21. The lowest BCUT2D eigenvalue weighted by Crippen LogP contribution is -1.94. The molecule has 0 spiro atoms. The van der Waals surface area contributed by atoms with Crippen molar-refractivity contribution < 1.29 is 14.6 Å². The SMILES string of the molecule is COc1ccc(C2OC2CO)cc1. The monoisotopic (exact) mass is 180 g/mol. The largest absolute Gasteiger partial charge is 0.497 e. The Labute approximate surface area is 76.9 Å². The highest BCUT2D eigenvalue weighted by Gasteiger charge is 2.39. The van der Waals surface area contributed by atoms with E-state index in [1.54, 1.807) is 7.11 Å². The van der Waals surface area contributed by atoms with Crippen molar-refractivity contribution in [3.8, 4) is 5.75 Å². The summed E-state index contributed by atoms with van der Waals surface area (Å²) in [5.74, 6) is 0.838. The molecule has 0 radical (unpaired) electrons. The quantitative estimate of drug-likeness (QED) is 0.709. The van der Waals surface area contributed by atoms with Crippen LogP contribution in [0, 0.1) is 0 Å². The van der Waals surface area contributed by atoms with E-state index in [1.165, 1.54) is 0 Å². The van der Waals surface area contributed by atoms with Gasteiger partial charge in [0, 0.05) is 0 Å². The number of rotatable bonds is 3. The summed E-state index contributed by atoms with van der Waals surface area (Å²) >= 11 is 0. The van der Waals surface area contributed by atoms with Crippen LogP contribution in [0.5, 0.6) is 5.75 Å². The third-order valence-corrected chi connectivity index (χ3v) is 2.21. The molecule has 0 bridgehead atoms. The number of aliphatic hydroxyl groups excluding tert-OH is 1. The molecule has 0 aromatic heterocycles. The molecule has 1 fully saturated rings. The van der Waals surface area contributed by atoms with Gasteiger partial charge in [0.05, 0.1) is 13.7 Å². The lowest BCUT2D eigenvalue weighted by Gasteiger charge is -1.99. The van der Waals surface area contributed by atoms with Gasteiger partial charge in [0.15, 0.2) is 0 Å². The van der Waals surface area contributed by atoms with Crippen LogP contribution in [0.25, 0.3) is 0 Å². The number of benzene rings is 1. The Kier molecular flexibility index (Phi) is 2.20. The molecule has 1 aliphatic heterocycles. The summed E-state index contributed by atoms with van der Waals surface area (Å²) in [7, 11) is 1.64. The highest BCUT2D eigenvalue weighted by atomic mass is 16.6. The second kappa shape index (κ2) is 3.36. The zero-order valence-electron chi connectivity index (χ0n) is 7.43. The molecule has 70 valence electrons. The summed E-state index contributed by atoms with van der Waals surface area (Å²) in [5, 5.41) is 8.79. The van der Waals surface area contributed by atoms with Crippen molar-refractivity contribution in [2.75, 3.05) is 13.7 Å². The zero-order chi connectivity index (χ0) is 9.26. The molecule has 1 heterocycles. The van der Waals surface area contributed by atoms with Crippen LogP contribution in [0.15, 0.2) is 24.3 Å². The molecule has 0 saturated carbocycles. The maximum Gasteiger partial charge on any atom is 0.118 e. The molecule has 1 aliphatic rings. The first-order valence-corrected chi connectivity index (χ1v) is 4.25. The molecule has 2 atom stereocenters. The van der Waals surface area contributed by atoms with Gasteiger partial charge in [-0.05, 0) is 17.7 Å². The van der Waals surface area contributed by atoms with E-state index in [-0.39, 0.29) is 18.8 Å². The van der Waals surface area contributed by atoms with Gasteiger partial charge in [0.2, 0.25) is 0 Å². The van der Waals surface area contributed by atoms with E-state index in [4.69, 9.17) is 14.6 Å².